The molecule has 3 rings (SSSR count). The Bertz CT molecular complexity index is 540. The number of amides is 1. The molecule has 0 N–H and O–H groups in total. The molecule has 1 amide bonds. The number of carbonyl (C=O) groups excluding carboxylic acids is 1. The highest BCUT2D eigenvalue weighted by Crippen LogP contribution is 2.37. The fourth-order valence-corrected chi connectivity index (χ4v) is 2.66. The van der Waals surface area contributed by atoms with Gasteiger partial charge >= 0.3 is 6.18 Å². The van der Waals surface area contributed by atoms with Gasteiger partial charge in [-0.3, -0.25) is 4.79 Å². The lowest BCUT2D eigenvalue weighted by Crippen LogP contribution is -2.43. The van der Waals surface area contributed by atoms with E-state index >= 15 is 0 Å². The Morgan fingerprint density at radius 1 is 1.24 bits per heavy atom. The van der Waals surface area contributed by atoms with Gasteiger partial charge in [0.2, 0.25) is 5.91 Å². The van der Waals surface area contributed by atoms with Gasteiger partial charge in [-0.05, 0) is 24.5 Å². The Kier molecular flexibility index (Phi) is 3.65. The molecule has 2 fully saturated rings. The summed E-state index contributed by atoms with van der Waals surface area (Å²) in [6.45, 7) is 0.928. The van der Waals surface area contributed by atoms with Gasteiger partial charge < -0.3 is 9.64 Å². The highest BCUT2D eigenvalue weighted by Gasteiger charge is 2.39. The van der Waals surface area contributed by atoms with Gasteiger partial charge in [0.15, 0.2) is 0 Å². The smallest absolute Gasteiger partial charge is 0.370 e. The van der Waals surface area contributed by atoms with Gasteiger partial charge in [-0.15, -0.1) is 0 Å². The van der Waals surface area contributed by atoms with Crippen LogP contribution in [0.4, 0.5) is 13.2 Å². The second-order valence-corrected chi connectivity index (χ2v) is 5.50. The quantitative estimate of drug-likeness (QED) is 0.840. The molecule has 21 heavy (non-hydrogen) atoms. The zero-order valence-electron chi connectivity index (χ0n) is 11.4. The van der Waals surface area contributed by atoms with E-state index in [1.807, 2.05) is 0 Å². The SMILES string of the molecule is O=C(C1CC1)N1CCO[C@@H](c2ccccc2C(F)(F)F)C1. The third-order valence-corrected chi connectivity index (χ3v) is 3.92. The van der Waals surface area contributed by atoms with Crippen LogP contribution < -0.4 is 0 Å². The predicted molar refractivity (Wildman–Crippen MR) is 69.4 cm³/mol. The second-order valence-electron chi connectivity index (χ2n) is 5.50. The highest BCUT2D eigenvalue weighted by molar-refractivity contribution is 5.81. The van der Waals surface area contributed by atoms with E-state index in [1.165, 1.54) is 12.1 Å². The molecule has 1 aromatic carbocycles. The van der Waals surface area contributed by atoms with Gasteiger partial charge in [0, 0.05) is 12.5 Å². The minimum atomic E-state index is -4.41. The summed E-state index contributed by atoms with van der Waals surface area (Å²) < 4.78 is 44.7. The molecular weight excluding hydrogens is 283 g/mol. The summed E-state index contributed by atoms with van der Waals surface area (Å²) >= 11 is 0. The van der Waals surface area contributed by atoms with Gasteiger partial charge in [-0.2, -0.15) is 13.2 Å². The van der Waals surface area contributed by atoms with Crippen LogP contribution in [0.1, 0.15) is 30.1 Å². The molecule has 0 bridgehead atoms. The van der Waals surface area contributed by atoms with E-state index in [9.17, 15) is 18.0 Å². The molecule has 114 valence electrons. The second kappa shape index (κ2) is 5.33. The van der Waals surface area contributed by atoms with Crippen molar-refractivity contribution in [3.8, 4) is 0 Å². The number of benzene rings is 1. The lowest BCUT2D eigenvalue weighted by molar-refractivity contribution is -0.144. The van der Waals surface area contributed by atoms with Crippen LogP contribution in [0.5, 0.6) is 0 Å². The van der Waals surface area contributed by atoms with Crippen LogP contribution in [0, 0.1) is 5.92 Å². The molecule has 0 unspecified atom stereocenters. The maximum absolute atomic E-state index is 13.1. The maximum atomic E-state index is 13.1. The van der Waals surface area contributed by atoms with Crippen LogP contribution >= 0.6 is 0 Å². The Labute approximate surface area is 120 Å². The van der Waals surface area contributed by atoms with Crippen molar-refractivity contribution in [1.29, 1.82) is 0 Å². The van der Waals surface area contributed by atoms with E-state index in [0.29, 0.717) is 6.54 Å². The number of halogens is 3. The molecule has 1 saturated carbocycles. The predicted octanol–water partition coefficient (Wildman–Crippen LogP) is 3.02. The van der Waals surface area contributed by atoms with E-state index < -0.39 is 17.8 Å². The largest absolute Gasteiger partial charge is 0.416 e. The fraction of sp³-hybridized carbons (Fsp3) is 0.533. The molecule has 0 radical (unpaired) electrons. The summed E-state index contributed by atoms with van der Waals surface area (Å²) in [5.74, 6) is 0.120. The first-order valence-corrected chi connectivity index (χ1v) is 7.03. The van der Waals surface area contributed by atoms with E-state index in [2.05, 4.69) is 0 Å². The highest BCUT2D eigenvalue weighted by atomic mass is 19.4. The number of alkyl halides is 3. The van der Waals surface area contributed by atoms with Crippen LogP contribution in [-0.2, 0) is 15.7 Å². The monoisotopic (exact) mass is 299 g/mol. The van der Waals surface area contributed by atoms with Crippen molar-refractivity contribution in [2.75, 3.05) is 19.7 Å². The Morgan fingerprint density at radius 3 is 2.62 bits per heavy atom. The standard InChI is InChI=1S/C15H16F3NO2/c16-15(17,18)12-4-2-1-3-11(12)13-9-19(7-8-21-13)14(20)10-5-6-10/h1-4,10,13H,5-9H2/t13-/m1/s1. The minimum Gasteiger partial charge on any atom is -0.370 e. The third-order valence-electron chi connectivity index (χ3n) is 3.92. The lowest BCUT2D eigenvalue weighted by atomic mass is 10.0. The zero-order chi connectivity index (χ0) is 15.0. The van der Waals surface area contributed by atoms with Gasteiger partial charge in [-0.25, -0.2) is 0 Å². The van der Waals surface area contributed by atoms with Crippen LogP contribution in [0.2, 0.25) is 0 Å². The van der Waals surface area contributed by atoms with Gasteiger partial charge in [0.05, 0.1) is 18.7 Å². The minimum absolute atomic E-state index is 0.0489. The van der Waals surface area contributed by atoms with Crippen LogP contribution in [0.25, 0.3) is 0 Å². The number of ether oxygens (including phenoxy) is 1. The molecule has 1 aliphatic heterocycles. The number of hydrogen-bond donors (Lipinski definition) is 0. The van der Waals surface area contributed by atoms with E-state index in [4.69, 9.17) is 4.74 Å². The molecule has 6 heteroatoms. The van der Waals surface area contributed by atoms with E-state index in [0.717, 1.165) is 18.9 Å². The molecule has 3 nitrogen and oxygen atoms in total. The van der Waals surface area contributed by atoms with Crippen molar-refractivity contribution >= 4 is 5.91 Å². The normalized spacial score (nSPS) is 23.2. The molecule has 1 aromatic rings. The fourth-order valence-electron chi connectivity index (χ4n) is 2.66. The van der Waals surface area contributed by atoms with Crippen molar-refractivity contribution in [2.45, 2.75) is 25.1 Å². The topological polar surface area (TPSA) is 29.5 Å². The molecule has 1 aliphatic carbocycles. The van der Waals surface area contributed by atoms with Crippen molar-refractivity contribution < 1.29 is 22.7 Å². The van der Waals surface area contributed by atoms with E-state index in [-0.39, 0.29) is 30.5 Å². The first kappa shape index (κ1) is 14.4. The van der Waals surface area contributed by atoms with Crippen LogP contribution in [-0.4, -0.2) is 30.5 Å². The lowest BCUT2D eigenvalue weighted by Gasteiger charge is -2.34. The molecule has 0 aromatic heterocycles. The molecular formula is C15H16F3NO2. The first-order valence-electron chi connectivity index (χ1n) is 7.03. The van der Waals surface area contributed by atoms with Gasteiger partial charge in [0.25, 0.3) is 0 Å². The summed E-state index contributed by atoms with van der Waals surface area (Å²) in [7, 11) is 0. The molecule has 0 spiro atoms. The number of nitrogens with zero attached hydrogens (tertiary/aromatic N) is 1. The molecule has 1 heterocycles. The van der Waals surface area contributed by atoms with Crippen LogP contribution in [0.15, 0.2) is 24.3 Å². The number of hydrogen-bond acceptors (Lipinski definition) is 2. The Morgan fingerprint density at radius 2 is 1.95 bits per heavy atom. The zero-order valence-corrected chi connectivity index (χ0v) is 11.4. The summed E-state index contributed by atoms with van der Waals surface area (Å²) in [6.07, 6.45) is -3.35. The Hall–Kier alpha value is -1.56. The average molecular weight is 299 g/mol. The van der Waals surface area contributed by atoms with Crippen molar-refractivity contribution in [2.24, 2.45) is 5.92 Å². The number of morpholine rings is 1. The van der Waals surface area contributed by atoms with Crippen molar-refractivity contribution in [1.82, 2.24) is 4.90 Å². The van der Waals surface area contributed by atoms with Crippen molar-refractivity contribution in [3.63, 3.8) is 0 Å². The molecule has 2 aliphatic rings. The summed E-state index contributed by atoms with van der Waals surface area (Å²) in [5, 5.41) is 0. The van der Waals surface area contributed by atoms with Crippen LogP contribution in [0.3, 0.4) is 0 Å². The van der Waals surface area contributed by atoms with Gasteiger partial charge in [-0.1, -0.05) is 18.2 Å². The summed E-state index contributed by atoms with van der Waals surface area (Å²) in [5.41, 5.74) is -0.575. The first-order chi connectivity index (χ1) is 9.97. The van der Waals surface area contributed by atoms with E-state index in [1.54, 1.807) is 11.0 Å². The number of carbonyl (C=O) groups is 1. The third kappa shape index (κ3) is 3.05. The maximum Gasteiger partial charge on any atom is 0.416 e. The summed E-state index contributed by atoms with van der Waals surface area (Å²) in [4.78, 5) is 13.7. The Balaban J connectivity index is 1.81. The molecule has 1 atom stereocenters. The van der Waals surface area contributed by atoms with Crippen molar-refractivity contribution in [3.05, 3.63) is 35.4 Å². The summed E-state index contributed by atoms with van der Waals surface area (Å²) in [6, 6.07) is 5.41. The van der Waals surface area contributed by atoms with Gasteiger partial charge in [0.1, 0.15) is 6.10 Å². The number of rotatable bonds is 2. The molecule has 1 saturated heterocycles. The average Bonchev–Trinajstić information content (AvgIpc) is 3.30.